The molecule has 0 bridgehead atoms. The van der Waals surface area contributed by atoms with Gasteiger partial charge in [0.15, 0.2) is 0 Å². The summed E-state index contributed by atoms with van der Waals surface area (Å²) in [6.07, 6.45) is 22.0. The molecule has 0 aliphatic rings. The summed E-state index contributed by atoms with van der Waals surface area (Å²) in [6, 6.07) is 0. The molecule has 0 spiro atoms. The summed E-state index contributed by atoms with van der Waals surface area (Å²) in [6.45, 7) is 6.77. The van der Waals surface area contributed by atoms with Gasteiger partial charge < -0.3 is 10.4 Å². The SMILES string of the molecule is CCCCCCCCCCN(CCCCCCCCCC)C(=S)S.O. The van der Waals surface area contributed by atoms with Gasteiger partial charge in [0.25, 0.3) is 0 Å². The van der Waals surface area contributed by atoms with E-state index in [4.69, 9.17) is 12.2 Å². The monoisotopic (exact) mass is 391 g/mol. The van der Waals surface area contributed by atoms with E-state index in [9.17, 15) is 0 Å². The van der Waals surface area contributed by atoms with Crippen LogP contribution in [0.5, 0.6) is 0 Å². The largest absolute Gasteiger partial charge is 0.412 e. The maximum absolute atomic E-state index is 5.30. The van der Waals surface area contributed by atoms with Crippen molar-refractivity contribution in [2.24, 2.45) is 0 Å². The van der Waals surface area contributed by atoms with Crippen molar-refractivity contribution in [3.05, 3.63) is 0 Å². The van der Waals surface area contributed by atoms with Crippen LogP contribution in [0.3, 0.4) is 0 Å². The first-order chi connectivity index (χ1) is 11.7. The van der Waals surface area contributed by atoms with Crippen LogP contribution >= 0.6 is 24.8 Å². The van der Waals surface area contributed by atoms with Gasteiger partial charge in [0.05, 0.1) is 0 Å². The van der Waals surface area contributed by atoms with Gasteiger partial charge in [0, 0.05) is 13.1 Å². The van der Waals surface area contributed by atoms with Gasteiger partial charge in [0.2, 0.25) is 0 Å². The van der Waals surface area contributed by atoms with E-state index in [2.05, 4.69) is 31.4 Å². The quantitative estimate of drug-likeness (QED) is 0.156. The van der Waals surface area contributed by atoms with Crippen LogP contribution in [0.25, 0.3) is 0 Å². The highest BCUT2D eigenvalue weighted by Crippen LogP contribution is 2.12. The van der Waals surface area contributed by atoms with E-state index in [0.29, 0.717) is 0 Å². The number of hydrogen-bond acceptors (Lipinski definition) is 1. The molecular formula is C21H45NOS2. The maximum atomic E-state index is 5.30. The molecule has 0 rings (SSSR count). The highest BCUT2D eigenvalue weighted by atomic mass is 32.1. The van der Waals surface area contributed by atoms with E-state index in [1.807, 2.05) is 0 Å². The predicted molar refractivity (Wildman–Crippen MR) is 122 cm³/mol. The van der Waals surface area contributed by atoms with Crippen molar-refractivity contribution in [1.29, 1.82) is 0 Å². The molecule has 0 atom stereocenters. The van der Waals surface area contributed by atoms with E-state index in [1.54, 1.807) is 0 Å². The second-order valence-electron chi connectivity index (χ2n) is 7.22. The van der Waals surface area contributed by atoms with E-state index in [-0.39, 0.29) is 5.48 Å². The Labute approximate surface area is 169 Å². The molecule has 0 aromatic rings. The Hall–Kier alpha value is 0.200. The summed E-state index contributed by atoms with van der Waals surface area (Å²) < 4.78 is 0.792. The van der Waals surface area contributed by atoms with E-state index in [1.165, 1.54) is 103 Å². The number of unbranched alkanes of at least 4 members (excludes halogenated alkanes) is 14. The summed E-state index contributed by atoms with van der Waals surface area (Å²) in [7, 11) is 0. The summed E-state index contributed by atoms with van der Waals surface area (Å²) in [4.78, 5) is 2.31. The Kier molecular flexibility index (Phi) is 24.4. The first-order valence-electron chi connectivity index (χ1n) is 10.7. The molecule has 2 N–H and O–H groups in total. The average Bonchev–Trinajstić information content (AvgIpc) is 2.57. The van der Waals surface area contributed by atoms with Crippen molar-refractivity contribution in [2.75, 3.05) is 13.1 Å². The molecule has 0 heterocycles. The zero-order valence-corrected chi connectivity index (χ0v) is 18.7. The molecule has 0 unspecified atom stereocenters. The van der Waals surface area contributed by atoms with Gasteiger partial charge in [-0.05, 0) is 12.8 Å². The summed E-state index contributed by atoms with van der Waals surface area (Å²) in [5, 5.41) is 0. The highest BCUT2D eigenvalue weighted by Gasteiger charge is 2.05. The third-order valence-corrected chi connectivity index (χ3v) is 5.37. The van der Waals surface area contributed by atoms with Crippen molar-refractivity contribution in [3.8, 4) is 0 Å². The normalized spacial score (nSPS) is 10.5. The third-order valence-electron chi connectivity index (χ3n) is 4.83. The number of rotatable bonds is 18. The summed E-state index contributed by atoms with van der Waals surface area (Å²) in [5.41, 5.74) is 0. The minimum Gasteiger partial charge on any atom is -0.412 e. The molecule has 0 amide bonds. The first-order valence-corrected chi connectivity index (χ1v) is 11.6. The molecule has 2 nitrogen and oxygen atoms in total. The lowest BCUT2D eigenvalue weighted by Gasteiger charge is -2.22. The van der Waals surface area contributed by atoms with Crippen molar-refractivity contribution < 1.29 is 5.48 Å². The Morgan fingerprint density at radius 1 is 0.600 bits per heavy atom. The fraction of sp³-hybridized carbons (Fsp3) is 0.952. The summed E-state index contributed by atoms with van der Waals surface area (Å²) >= 11 is 9.72. The molecule has 152 valence electrons. The molecular weight excluding hydrogens is 346 g/mol. The Morgan fingerprint density at radius 3 is 1.16 bits per heavy atom. The van der Waals surface area contributed by atoms with Gasteiger partial charge in [-0.25, -0.2) is 0 Å². The molecule has 0 saturated carbocycles. The van der Waals surface area contributed by atoms with Crippen LogP contribution in [-0.2, 0) is 0 Å². The van der Waals surface area contributed by atoms with Gasteiger partial charge in [-0.2, -0.15) is 0 Å². The van der Waals surface area contributed by atoms with E-state index >= 15 is 0 Å². The second-order valence-corrected chi connectivity index (χ2v) is 8.33. The Balaban J connectivity index is 0. The molecule has 25 heavy (non-hydrogen) atoms. The maximum Gasteiger partial charge on any atom is 0.133 e. The fourth-order valence-electron chi connectivity index (χ4n) is 3.18. The minimum atomic E-state index is 0. The van der Waals surface area contributed by atoms with Crippen molar-refractivity contribution in [2.45, 2.75) is 117 Å². The van der Waals surface area contributed by atoms with Gasteiger partial charge in [-0.15, -0.1) is 12.6 Å². The molecule has 4 heteroatoms. The van der Waals surface area contributed by atoms with Gasteiger partial charge in [-0.1, -0.05) is 116 Å². The van der Waals surface area contributed by atoms with Gasteiger partial charge in [-0.3, -0.25) is 0 Å². The van der Waals surface area contributed by atoms with Crippen LogP contribution in [0.1, 0.15) is 117 Å². The molecule has 0 aromatic carbocycles. The average molecular weight is 392 g/mol. The standard InChI is InChI=1S/C21H43NS2.H2O/c1-3-5-7-9-11-13-15-17-19-22(21(23)24)20-18-16-14-12-10-8-6-4-2;/h3-20H2,1-2H3,(H,23,24);1H2. The zero-order chi connectivity index (χ0) is 17.9. The van der Waals surface area contributed by atoms with Crippen molar-refractivity contribution >= 4 is 29.2 Å². The van der Waals surface area contributed by atoms with Crippen LogP contribution in [0.15, 0.2) is 0 Å². The molecule has 0 fully saturated rings. The van der Waals surface area contributed by atoms with E-state index < -0.39 is 0 Å². The third kappa shape index (κ3) is 20.4. The minimum absolute atomic E-state index is 0. The number of hydrogen-bond donors (Lipinski definition) is 1. The van der Waals surface area contributed by atoms with E-state index in [0.717, 1.165) is 17.4 Å². The number of thiocarbonyl (C=S) groups is 1. The first kappa shape index (κ1) is 27.4. The van der Waals surface area contributed by atoms with Crippen molar-refractivity contribution in [1.82, 2.24) is 4.90 Å². The molecule has 0 radical (unpaired) electrons. The Bertz CT molecular complexity index is 255. The van der Waals surface area contributed by atoms with Crippen LogP contribution in [-0.4, -0.2) is 27.8 Å². The lowest BCUT2D eigenvalue weighted by Crippen LogP contribution is -2.28. The molecule has 0 aliphatic carbocycles. The molecule has 0 aliphatic heterocycles. The molecule has 0 saturated heterocycles. The lowest BCUT2D eigenvalue weighted by molar-refractivity contribution is 0.394. The highest BCUT2D eigenvalue weighted by molar-refractivity contribution is 8.10. The predicted octanol–water partition coefficient (Wildman–Crippen LogP) is 6.96. The van der Waals surface area contributed by atoms with Gasteiger partial charge >= 0.3 is 0 Å². The summed E-state index contributed by atoms with van der Waals surface area (Å²) in [5.74, 6) is 0. The van der Waals surface area contributed by atoms with Crippen LogP contribution in [0.4, 0.5) is 0 Å². The molecule has 0 aromatic heterocycles. The zero-order valence-electron chi connectivity index (χ0n) is 17.0. The van der Waals surface area contributed by atoms with Crippen LogP contribution in [0.2, 0.25) is 0 Å². The number of nitrogens with zero attached hydrogens (tertiary/aromatic N) is 1. The van der Waals surface area contributed by atoms with Crippen LogP contribution < -0.4 is 0 Å². The lowest BCUT2D eigenvalue weighted by atomic mass is 10.1. The van der Waals surface area contributed by atoms with Crippen LogP contribution in [0, 0.1) is 0 Å². The fourth-order valence-corrected chi connectivity index (χ4v) is 3.56. The number of thiol groups is 1. The second kappa shape index (κ2) is 22.2. The van der Waals surface area contributed by atoms with Crippen molar-refractivity contribution in [3.63, 3.8) is 0 Å². The smallest absolute Gasteiger partial charge is 0.133 e. The Morgan fingerprint density at radius 2 is 0.880 bits per heavy atom. The van der Waals surface area contributed by atoms with Gasteiger partial charge in [0.1, 0.15) is 4.32 Å². The topological polar surface area (TPSA) is 34.7 Å².